The van der Waals surface area contributed by atoms with Gasteiger partial charge in [0, 0.05) is 18.4 Å². The molecule has 1 aliphatic rings. The van der Waals surface area contributed by atoms with Crippen molar-refractivity contribution in [3.63, 3.8) is 0 Å². The Morgan fingerprint density at radius 2 is 1.34 bits per heavy atom. The third-order valence-electron chi connectivity index (χ3n) is 6.45. The standard InChI is InChI=1S/C27H34O2/c1-3-5-10-26(29)27(19-7-6-8-20-27)24-17-15-22(16-18-24)21-11-13-23(14-12-21)25(28)9-4-2/h11-18H,3-10,19-20H2,1-2H3. The Kier molecular flexibility index (Phi) is 7.41. The van der Waals surface area contributed by atoms with Crippen LogP contribution < -0.4 is 0 Å². The molecule has 1 fully saturated rings. The fourth-order valence-corrected chi connectivity index (χ4v) is 4.66. The van der Waals surface area contributed by atoms with Gasteiger partial charge in [0.25, 0.3) is 0 Å². The van der Waals surface area contributed by atoms with E-state index < -0.39 is 0 Å². The normalized spacial score (nSPS) is 15.8. The van der Waals surface area contributed by atoms with E-state index in [4.69, 9.17) is 0 Å². The predicted molar refractivity (Wildman–Crippen MR) is 120 cm³/mol. The highest BCUT2D eigenvalue weighted by atomic mass is 16.1. The minimum atomic E-state index is -0.275. The lowest BCUT2D eigenvalue weighted by Gasteiger charge is -2.36. The molecule has 2 aromatic rings. The van der Waals surface area contributed by atoms with Crippen LogP contribution in [0.25, 0.3) is 11.1 Å². The summed E-state index contributed by atoms with van der Waals surface area (Å²) in [5, 5.41) is 0. The topological polar surface area (TPSA) is 34.1 Å². The first-order chi connectivity index (χ1) is 14.1. The summed E-state index contributed by atoms with van der Waals surface area (Å²) in [5.74, 6) is 0.643. The average molecular weight is 391 g/mol. The molecule has 0 N–H and O–H groups in total. The molecule has 0 heterocycles. The van der Waals surface area contributed by atoms with Crippen LogP contribution >= 0.6 is 0 Å². The van der Waals surface area contributed by atoms with Crippen LogP contribution in [0.15, 0.2) is 48.5 Å². The molecule has 0 aromatic heterocycles. The summed E-state index contributed by atoms with van der Waals surface area (Å²) < 4.78 is 0. The van der Waals surface area contributed by atoms with Gasteiger partial charge in [-0.3, -0.25) is 9.59 Å². The molecule has 3 rings (SSSR count). The Morgan fingerprint density at radius 3 is 1.90 bits per heavy atom. The largest absolute Gasteiger partial charge is 0.299 e. The maximum atomic E-state index is 13.2. The first-order valence-corrected chi connectivity index (χ1v) is 11.4. The van der Waals surface area contributed by atoms with Gasteiger partial charge in [-0.15, -0.1) is 0 Å². The van der Waals surface area contributed by atoms with E-state index in [-0.39, 0.29) is 11.2 Å². The number of hydrogen-bond donors (Lipinski definition) is 0. The lowest BCUT2D eigenvalue weighted by Crippen LogP contribution is -2.37. The maximum Gasteiger partial charge on any atom is 0.162 e. The summed E-state index contributed by atoms with van der Waals surface area (Å²) >= 11 is 0. The van der Waals surface area contributed by atoms with Crippen molar-refractivity contribution in [1.29, 1.82) is 0 Å². The number of hydrogen-bond acceptors (Lipinski definition) is 2. The molecule has 29 heavy (non-hydrogen) atoms. The molecule has 2 aromatic carbocycles. The number of Topliss-reactive ketones (excluding diaryl/α,β-unsaturated/α-hetero) is 2. The van der Waals surface area contributed by atoms with Crippen molar-refractivity contribution in [2.24, 2.45) is 0 Å². The van der Waals surface area contributed by atoms with E-state index in [1.165, 1.54) is 12.0 Å². The van der Waals surface area contributed by atoms with Crippen LogP contribution in [0.2, 0.25) is 0 Å². The van der Waals surface area contributed by atoms with E-state index in [0.29, 0.717) is 18.6 Å². The van der Waals surface area contributed by atoms with E-state index >= 15 is 0 Å². The second-order valence-corrected chi connectivity index (χ2v) is 8.50. The lowest BCUT2D eigenvalue weighted by molar-refractivity contribution is -0.126. The van der Waals surface area contributed by atoms with Crippen LogP contribution in [-0.2, 0) is 10.2 Å². The zero-order valence-corrected chi connectivity index (χ0v) is 18.0. The molecule has 0 bridgehead atoms. The van der Waals surface area contributed by atoms with Gasteiger partial charge >= 0.3 is 0 Å². The molecule has 0 unspecified atom stereocenters. The highest BCUT2D eigenvalue weighted by molar-refractivity contribution is 5.96. The van der Waals surface area contributed by atoms with Gasteiger partial charge in [-0.05, 0) is 42.4 Å². The molecule has 0 amide bonds. The van der Waals surface area contributed by atoms with Crippen molar-refractivity contribution < 1.29 is 9.59 Å². The van der Waals surface area contributed by atoms with Gasteiger partial charge in [0.15, 0.2) is 5.78 Å². The van der Waals surface area contributed by atoms with Gasteiger partial charge in [0.1, 0.15) is 5.78 Å². The molecule has 1 saturated carbocycles. The van der Waals surface area contributed by atoms with Crippen LogP contribution in [0.5, 0.6) is 0 Å². The molecule has 0 saturated heterocycles. The van der Waals surface area contributed by atoms with Gasteiger partial charge < -0.3 is 0 Å². The van der Waals surface area contributed by atoms with Crippen molar-refractivity contribution in [1.82, 2.24) is 0 Å². The summed E-state index contributed by atoms with van der Waals surface area (Å²) in [7, 11) is 0. The number of unbranched alkanes of at least 4 members (excludes halogenated alkanes) is 1. The summed E-state index contributed by atoms with van der Waals surface area (Å²) in [6.45, 7) is 4.18. The van der Waals surface area contributed by atoms with E-state index in [2.05, 4.69) is 31.2 Å². The summed E-state index contributed by atoms with van der Waals surface area (Å²) in [5.41, 5.74) is 3.95. The highest BCUT2D eigenvalue weighted by Gasteiger charge is 2.39. The molecule has 0 spiro atoms. The van der Waals surface area contributed by atoms with Crippen LogP contribution in [0.1, 0.15) is 94.0 Å². The van der Waals surface area contributed by atoms with Gasteiger partial charge in [0.2, 0.25) is 0 Å². The van der Waals surface area contributed by atoms with Crippen molar-refractivity contribution in [2.75, 3.05) is 0 Å². The van der Waals surface area contributed by atoms with Gasteiger partial charge in [-0.25, -0.2) is 0 Å². The maximum absolute atomic E-state index is 13.2. The predicted octanol–water partition coefficient (Wildman–Crippen LogP) is 7.30. The van der Waals surface area contributed by atoms with Crippen LogP contribution in [-0.4, -0.2) is 11.6 Å². The quantitative estimate of drug-likeness (QED) is 0.421. The monoisotopic (exact) mass is 390 g/mol. The van der Waals surface area contributed by atoms with Crippen molar-refractivity contribution in [3.8, 4) is 11.1 Å². The van der Waals surface area contributed by atoms with Crippen LogP contribution in [0, 0.1) is 0 Å². The summed E-state index contributed by atoms with van der Waals surface area (Å²) in [6, 6.07) is 16.5. The van der Waals surface area contributed by atoms with E-state index in [1.54, 1.807) is 0 Å². The average Bonchev–Trinajstić information content (AvgIpc) is 2.78. The van der Waals surface area contributed by atoms with E-state index in [1.807, 2.05) is 31.2 Å². The van der Waals surface area contributed by atoms with Crippen molar-refractivity contribution >= 4 is 11.6 Å². The second kappa shape index (κ2) is 10.0. The molecule has 0 aliphatic heterocycles. The van der Waals surface area contributed by atoms with Crippen LogP contribution in [0.3, 0.4) is 0 Å². The van der Waals surface area contributed by atoms with Crippen LogP contribution in [0.4, 0.5) is 0 Å². The Balaban J connectivity index is 1.82. The molecule has 0 atom stereocenters. The highest BCUT2D eigenvalue weighted by Crippen LogP contribution is 2.42. The third kappa shape index (κ3) is 4.86. The van der Waals surface area contributed by atoms with Gasteiger partial charge in [-0.1, -0.05) is 88.1 Å². The fraction of sp³-hybridized carbons (Fsp3) is 0.481. The first kappa shape index (κ1) is 21.5. The second-order valence-electron chi connectivity index (χ2n) is 8.50. The van der Waals surface area contributed by atoms with Gasteiger partial charge in [-0.2, -0.15) is 0 Å². The molecule has 154 valence electrons. The van der Waals surface area contributed by atoms with Gasteiger partial charge in [0.05, 0.1) is 5.41 Å². The minimum absolute atomic E-state index is 0.208. The fourth-order valence-electron chi connectivity index (χ4n) is 4.66. The van der Waals surface area contributed by atoms with E-state index in [9.17, 15) is 9.59 Å². The molecule has 2 nitrogen and oxygen atoms in total. The number of carbonyl (C=O) groups is 2. The number of benzene rings is 2. The Labute approximate surface area is 175 Å². The zero-order valence-electron chi connectivity index (χ0n) is 18.0. The smallest absolute Gasteiger partial charge is 0.162 e. The molecule has 2 heteroatoms. The number of carbonyl (C=O) groups excluding carboxylic acids is 2. The Bertz CT molecular complexity index is 809. The Hall–Kier alpha value is -2.22. The molecule has 0 radical (unpaired) electrons. The number of ketones is 2. The molecular formula is C27H34O2. The lowest BCUT2D eigenvalue weighted by atomic mass is 9.65. The zero-order chi connectivity index (χ0) is 20.7. The minimum Gasteiger partial charge on any atom is -0.299 e. The SMILES string of the molecule is CCCCC(=O)C1(c2ccc(-c3ccc(C(=O)CCC)cc3)cc2)CCCCC1. The van der Waals surface area contributed by atoms with Crippen molar-refractivity contribution in [3.05, 3.63) is 59.7 Å². The summed E-state index contributed by atoms with van der Waals surface area (Å²) in [6.07, 6.45) is 9.74. The molecule has 1 aliphatic carbocycles. The van der Waals surface area contributed by atoms with E-state index in [0.717, 1.165) is 61.6 Å². The third-order valence-corrected chi connectivity index (χ3v) is 6.45. The number of rotatable bonds is 9. The summed E-state index contributed by atoms with van der Waals surface area (Å²) in [4.78, 5) is 25.2. The first-order valence-electron chi connectivity index (χ1n) is 11.4. The Morgan fingerprint density at radius 1 is 0.759 bits per heavy atom. The molecular weight excluding hydrogens is 356 g/mol. The van der Waals surface area contributed by atoms with Crippen molar-refractivity contribution in [2.45, 2.75) is 83.5 Å².